The molecule has 4 aromatic heterocycles. The highest BCUT2D eigenvalue weighted by atomic mass is 35.5. The molecule has 0 spiro atoms. The lowest BCUT2D eigenvalue weighted by Gasteiger charge is -2.30. The summed E-state index contributed by atoms with van der Waals surface area (Å²) in [6, 6.07) is 18.8. The number of nitrogens with two attached hydrogens (primary N) is 1. The van der Waals surface area contributed by atoms with Gasteiger partial charge in [0.05, 0.1) is 34.4 Å². The number of carbonyl (C=O) groups is 2. The Morgan fingerprint density at radius 3 is 1.57 bits per heavy atom. The number of hydrogen-bond acceptors (Lipinski definition) is 11. The zero-order valence-corrected chi connectivity index (χ0v) is 40.1. The largest absolute Gasteiger partial charge is 0.489 e. The van der Waals surface area contributed by atoms with Gasteiger partial charge in [0.15, 0.2) is 0 Å². The minimum atomic E-state index is -3.95. The summed E-state index contributed by atoms with van der Waals surface area (Å²) in [5.74, 6) is -10.3. The Bertz CT molecular complexity index is 2720. The van der Waals surface area contributed by atoms with E-state index in [0.717, 1.165) is 89.2 Å². The topological polar surface area (TPSA) is 192 Å². The molecule has 6 aromatic rings. The standard InChI is InChI=1S/C25H27ClF2N4O3.C16H23ClN2O2.C9H6F2N2O2.CH4/c26-18-13-16(6-9-20(18)35-17-7-8-17)23(33)19(14-31-10-3-4-11-31)29-24(34)25(27,28)21-15-32-12-2-1-5-22(32)30-21;17-13-9-11(3-6-15(13)21-12-4-5-12)16(20)14(18)10-19-7-1-2-8-19;10-9(11,8(14)15)6-5-13-4-2-1-3-7(13)12-6;/h1-2,5-6,9,12-13,15,17,19,23,33H,3-4,7-8,10-11,14H2,(H,29,34);3,6,9,12,14,16,20H,1-2,4-5,7-8,10,18H2;1-5H,(H,14,15);1H4/t19-,23-;14-,16-;;/m11../s1. The number of aromatic nitrogens is 4. The SMILES string of the molecule is C.N[C@H](CN1CCCC1)[C@H](O)c1ccc(OC2CC2)c(Cl)c1.O=C(N[C@H](CN1CCCC1)[C@H](O)c1ccc(OC2CC2)c(Cl)c1)C(F)(F)c1cn2ccccc2n1.O=C(O)C(F)(F)c1cn2ccccc2n1. The second-order valence-electron chi connectivity index (χ2n) is 18.3. The quantitative estimate of drug-likeness (QED) is 0.0549. The molecule has 388 valence electrons. The van der Waals surface area contributed by atoms with Crippen LogP contribution < -0.4 is 20.5 Å². The number of nitrogens with zero attached hydrogens (tertiary/aromatic N) is 6. The highest BCUT2D eigenvalue weighted by Gasteiger charge is 2.46. The molecule has 0 radical (unpaired) electrons. The van der Waals surface area contributed by atoms with E-state index >= 15 is 8.78 Å². The van der Waals surface area contributed by atoms with E-state index in [2.05, 4.69) is 20.2 Å². The maximum Gasteiger partial charge on any atom is 0.385 e. The van der Waals surface area contributed by atoms with E-state index in [1.807, 2.05) is 17.0 Å². The summed E-state index contributed by atoms with van der Waals surface area (Å²) in [6.45, 7) is 4.66. The molecule has 2 saturated carbocycles. The van der Waals surface area contributed by atoms with E-state index in [1.54, 1.807) is 60.8 Å². The van der Waals surface area contributed by atoms with E-state index in [9.17, 15) is 28.6 Å². The average molecular weight is 1040 g/mol. The van der Waals surface area contributed by atoms with Crippen molar-refractivity contribution in [2.45, 2.75) is 107 Å². The smallest absolute Gasteiger partial charge is 0.385 e. The first-order chi connectivity index (χ1) is 34.0. The minimum absolute atomic E-state index is 0. The maximum atomic E-state index is 15.2. The number of hydrogen-bond donors (Lipinski definition) is 5. The van der Waals surface area contributed by atoms with Crippen molar-refractivity contribution >= 4 is 46.4 Å². The molecule has 21 heteroatoms. The number of halogens is 6. The summed E-state index contributed by atoms with van der Waals surface area (Å²) in [4.78, 5) is 34.9. The van der Waals surface area contributed by atoms with Crippen LogP contribution in [0.1, 0.15) is 93.5 Å². The summed E-state index contributed by atoms with van der Waals surface area (Å²) in [6.07, 6.45) is 12.3. The normalized spacial score (nSPS) is 18.0. The van der Waals surface area contributed by atoms with Gasteiger partial charge < -0.3 is 54.4 Å². The molecule has 6 heterocycles. The van der Waals surface area contributed by atoms with Gasteiger partial charge >= 0.3 is 17.8 Å². The number of aliphatic hydroxyl groups is 2. The first-order valence-corrected chi connectivity index (χ1v) is 24.4. The molecule has 4 atom stereocenters. The molecule has 72 heavy (non-hydrogen) atoms. The Balaban J connectivity index is 0.000000174. The fourth-order valence-corrected chi connectivity index (χ4v) is 8.76. The first kappa shape index (κ1) is 54.2. The van der Waals surface area contributed by atoms with Gasteiger partial charge in [-0.25, -0.2) is 14.8 Å². The van der Waals surface area contributed by atoms with Crippen molar-refractivity contribution in [2.24, 2.45) is 5.73 Å². The number of alkyl halides is 4. The van der Waals surface area contributed by atoms with Crippen LogP contribution in [0.5, 0.6) is 11.5 Å². The summed E-state index contributed by atoms with van der Waals surface area (Å²) >= 11 is 12.6. The third-order valence-electron chi connectivity index (χ3n) is 12.6. The summed E-state index contributed by atoms with van der Waals surface area (Å²) in [5.41, 5.74) is 6.50. The Morgan fingerprint density at radius 1 is 0.694 bits per heavy atom. The molecule has 0 bridgehead atoms. The number of imidazole rings is 2. The number of nitrogens with one attached hydrogen (secondary N) is 1. The average Bonchev–Trinajstić information content (AvgIpc) is 4.01. The van der Waals surface area contributed by atoms with Crippen molar-refractivity contribution < 1.29 is 51.9 Å². The summed E-state index contributed by atoms with van der Waals surface area (Å²) < 4.78 is 70.6. The maximum absolute atomic E-state index is 15.2. The molecular formula is C51H60Cl2F4N8O7. The van der Waals surface area contributed by atoms with Crippen LogP contribution in [-0.4, -0.2) is 119 Å². The predicted octanol–water partition coefficient (Wildman–Crippen LogP) is 8.42. The van der Waals surface area contributed by atoms with Gasteiger partial charge in [-0.2, -0.15) is 17.6 Å². The Kier molecular flexibility index (Phi) is 17.7. The second-order valence-corrected chi connectivity index (χ2v) is 19.1. The molecule has 10 rings (SSSR count). The van der Waals surface area contributed by atoms with Crippen LogP contribution in [0.3, 0.4) is 0 Å². The van der Waals surface area contributed by atoms with E-state index in [4.69, 9.17) is 43.5 Å². The fraction of sp³-hybridized carbons (Fsp3) is 0.451. The monoisotopic (exact) mass is 1040 g/mol. The van der Waals surface area contributed by atoms with Crippen LogP contribution in [-0.2, 0) is 21.4 Å². The van der Waals surface area contributed by atoms with E-state index in [1.165, 1.54) is 33.9 Å². The number of benzene rings is 2. The lowest BCUT2D eigenvalue weighted by Crippen LogP contribution is -2.51. The van der Waals surface area contributed by atoms with Gasteiger partial charge in [0.2, 0.25) is 0 Å². The minimum Gasteiger partial charge on any atom is -0.489 e. The number of carbonyl (C=O) groups excluding carboxylic acids is 1. The Labute approximate surface area is 424 Å². The fourth-order valence-electron chi connectivity index (χ4n) is 8.29. The number of likely N-dealkylation sites (tertiary alicyclic amines) is 2. The number of ether oxygens (including phenoxy) is 2. The molecule has 2 saturated heterocycles. The van der Waals surface area contributed by atoms with Crippen LogP contribution in [0.4, 0.5) is 17.6 Å². The Morgan fingerprint density at radius 2 is 1.14 bits per heavy atom. The summed E-state index contributed by atoms with van der Waals surface area (Å²) in [5, 5.41) is 33.1. The molecule has 0 unspecified atom stereocenters. The predicted molar refractivity (Wildman–Crippen MR) is 264 cm³/mol. The Hall–Kier alpha value is -5.54. The van der Waals surface area contributed by atoms with Gasteiger partial charge in [0, 0.05) is 43.9 Å². The number of carboxylic acids is 1. The highest BCUT2D eigenvalue weighted by Crippen LogP contribution is 2.36. The van der Waals surface area contributed by atoms with Gasteiger partial charge in [-0.3, -0.25) is 4.79 Å². The van der Waals surface area contributed by atoms with Crippen molar-refractivity contribution in [2.75, 3.05) is 39.3 Å². The number of pyridine rings is 2. The molecule has 4 fully saturated rings. The van der Waals surface area contributed by atoms with Crippen LogP contribution in [0.25, 0.3) is 11.3 Å². The molecule has 2 aliphatic carbocycles. The van der Waals surface area contributed by atoms with Crippen molar-refractivity contribution in [3.8, 4) is 11.5 Å². The van der Waals surface area contributed by atoms with E-state index in [-0.39, 0.29) is 31.8 Å². The van der Waals surface area contributed by atoms with E-state index < -0.39 is 53.4 Å². The van der Waals surface area contributed by atoms with E-state index in [0.29, 0.717) is 38.9 Å². The van der Waals surface area contributed by atoms with Gasteiger partial charge in [-0.1, -0.05) is 54.9 Å². The van der Waals surface area contributed by atoms with Crippen molar-refractivity contribution in [3.63, 3.8) is 0 Å². The number of carboxylic acid groups (broad SMARTS) is 1. The van der Waals surface area contributed by atoms with Crippen LogP contribution in [0.2, 0.25) is 10.0 Å². The third-order valence-corrected chi connectivity index (χ3v) is 13.2. The molecule has 1 amide bonds. The molecular weight excluding hydrogens is 984 g/mol. The number of fused-ring (bicyclic) bond motifs is 2. The van der Waals surface area contributed by atoms with Crippen LogP contribution in [0, 0.1) is 0 Å². The zero-order chi connectivity index (χ0) is 50.5. The molecule has 6 N–H and O–H groups in total. The lowest BCUT2D eigenvalue weighted by molar-refractivity contribution is -0.166. The highest BCUT2D eigenvalue weighted by molar-refractivity contribution is 6.32. The molecule has 4 aliphatic rings. The van der Waals surface area contributed by atoms with Gasteiger partial charge in [-0.05, 0) is 137 Å². The van der Waals surface area contributed by atoms with Gasteiger partial charge in [0.25, 0.3) is 5.91 Å². The van der Waals surface area contributed by atoms with Crippen molar-refractivity contribution in [3.05, 3.63) is 130 Å². The molecule has 2 aromatic carbocycles. The number of rotatable bonds is 17. The van der Waals surface area contributed by atoms with Crippen LogP contribution >= 0.6 is 23.2 Å². The van der Waals surface area contributed by atoms with Gasteiger partial charge in [0.1, 0.15) is 40.3 Å². The second kappa shape index (κ2) is 23.6. The molecule has 15 nitrogen and oxygen atoms in total. The summed E-state index contributed by atoms with van der Waals surface area (Å²) in [7, 11) is 0. The van der Waals surface area contributed by atoms with Gasteiger partial charge in [-0.15, -0.1) is 0 Å². The van der Waals surface area contributed by atoms with Crippen molar-refractivity contribution in [1.29, 1.82) is 0 Å². The third kappa shape index (κ3) is 13.5. The first-order valence-electron chi connectivity index (χ1n) is 23.6. The van der Waals surface area contributed by atoms with Crippen LogP contribution in [0.15, 0.2) is 97.6 Å². The number of amides is 1. The zero-order valence-electron chi connectivity index (χ0n) is 38.6. The number of aliphatic carboxylic acids is 1. The van der Waals surface area contributed by atoms with Crippen molar-refractivity contribution in [1.82, 2.24) is 33.9 Å². The number of aliphatic hydroxyl groups excluding tert-OH is 2. The molecule has 2 aliphatic heterocycles. The lowest BCUT2D eigenvalue weighted by atomic mass is 10.0.